The molecular weight excluding hydrogens is 310 g/mol. The molecule has 0 bridgehead atoms. The number of benzene rings is 1. The Hall–Kier alpha value is -2.38. The third kappa shape index (κ3) is 4.33. The summed E-state index contributed by atoms with van der Waals surface area (Å²) < 4.78 is 12.7. The molecule has 0 aliphatic carbocycles. The summed E-state index contributed by atoms with van der Waals surface area (Å²) in [4.78, 5) is 14.0. The number of aliphatic hydroxyl groups is 1. The van der Waals surface area contributed by atoms with E-state index in [1.54, 1.807) is 28.0 Å². The molecular formula is C17H21N3O4. The Labute approximate surface area is 140 Å². The van der Waals surface area contributed by atoms with E-state index in [9.17, 15) is 9.90 Å². The summed E-state index contributed by atoms with van der Waals surface area (Å²) in [7, 11) is 0. The average Bonchev–Trinajstić information content (AvgIpc) is 3.02. The average molecular weight is 331 g/mol. The maximum atomic E-state index is 12.4. The van der Waals surface area contributed by atoms with Crippen molar-refractivity contribution in [3.63, 3.8) is 0 Å². The van der Waals surface area contributed by atoms with Crippen LogP contribution in [0.4, 0.5) is 0 Å². The Bertz CT molecular complexity index is 647. The first kappa shape index (κ1) is 16.5. The minimum absolute atomic E-state index is 0.0581. The van der Waals surface area contributed by atoms with Crippen LogP contribution in [0.15, 0.2) is 48.8 Å². The zero-order valence-corrected chi connectivity index (χ0v) is 13.4. The van der Waals surface area contributed by atoms with Crippen LogP contribution in [0.1, 0.15) is 0 Å². The number of carbonyl (C=O) groups excluding carboxylic acids is 1. The van der Waals surface area contributed by atoms with E-state index in [-0.39, 0.29) is 32.2 Å². The number of ether oxygens (including phenoxy) is 2. The molecule has 1 N–H and O–H groups in total. The fourth-order valence-corrected chi connectivity index (χ4v) is 2.58. The Morgan fingerprint density at radius 3 is 2.92 bits per heavy atom. The molecule has 0 radical (unpaired) electrons. The van der Waals surface area contributed by atoms with Crippen molar-refractivity contribution >= 4 is 5.91 Å². The summed E-state index contributed by atoms with van der Waals surface area (Å²) in [5.41, 5.74) is -1.24. The van der Waals surface area contributed by atoms with Gasteiger partial charge in [-0.05, 0) is 18.2 Å². The molecule has 1 atom stereocenters. The van der Waals surface area contributed by atoms with E-state index in [0.717, 1.165) is 0 Å². The van der Waals surface area contributed by atoms with Crippen molar-refractivity contribution in [2.75, 3.05) is 32.9 Å². The van der Waals surface area contributed by atoms with Crippen molar-refractivity contribution in [3.8, 4) is 5.75 Å². The summed E-state index contributed by atoms with van der Waals surface area (Å²) >= 11 is 0. The third-order valence-corrected chi connectivity index (χ3v) is 3.82. The van der Waals surface area contributed by atoms with Crippen LogP contribution < -0.4 is 4.74 Å². The van der Waals surface area contributed by atoms with Gasteiger partial charge in [-0.3, -0.25) is 9.48 Å². The number of hydrogen-bond donors (Lipinski definition) is 1. The molecule has 1 aromatic heterocycles. The van der Waals surface area contributed by atoms with Gasteiger partial charge in [0.25, 0.3) is 0 Å². The highest BCUT2D eigenvalue weighted by Gasteiger charge is 2.35. The summed E-state index contributed by atoms with van der Waals surface area (Å²) in [5, 5.41) is 14.8. The predicted molar refractivity (Wildman–Crippen MR) is 86.5 cm³/mol. The van der Waals surface area contributed by atoms with Gasteiger partial charge in [0, 0.05) is 18.9 Å². The van der Waals surface area contributed by atoms with E-state index in [2.05, 4.69) is 5.10 Å². The lowest BCUT2D eigenvalue weighted by atomic mass is 10.1. The lowest BCUT2D eigenvalue weighted by molar-refractivity contribution is -0.135. The van der Waals surface area contributed by atoms with E-state index in [0.29, 0.717) is 18.9 Å². The van der Waals surface area contributed by atoms with E-state index in [1.807, 2.05) is 30.3 Å². The van der Waals surface area contributed by atoms with Crippen LogP contribution in [-0.2, 0) is 16.1 Å². The van der Waals surface area contributed by atoms with Gasteiger partial charge in [-0.2, -0.15) is 5.10 Å². The molecule has 24 heavy (non-hydrogen) atoms. The topological polar surface area (TPSA) is 76.8 Å². The Morgan fingerprint density at radius 2 is 2.17 bits per heavy atom. The van der Waals surface area contributed by atoms with Crippen molar-refractivity contribution < 1.29 is 19.4 Å². The second-order valence-electron chi connectivity index (χ2n) is 5.90. The van der Waals surface area contributed by atoms with Gasteiger partial charge in [0.1, 0.15) is 24.5 Å². The van der Waals surface area contributed by atoms with Gasteiger partial charge in [0.05, 0.1) is 19.8 Å². The lowest BCUT2D eigenvalue weighted by Crippen LogP contribution is -2.50. The summed E-state index contributed by atoms with van der Waals surface area (Å²) in [5.74, 6) is 0.562. The second kappa shape index (κ2) is 7.46. The van der Waals surface area contributed by atoms with Gasteiger partial charge in [0.2, 0.25) is 5.91 Å². The number of β-amino-alcohol motifs (C(OH)–C–C–N with tert-alkyl or cyclic N) is 1. The number of nitrogens with zero attached hydrogens (tertiary/aromatic N) is 3. The highest BCUT2D eigenvalue weighted by atomic mass is 16.5. The molecule has 1 aliphatic rings. The second-order valence-corrected chi connectivity index (χ2v) is 5.90. The smallest absolute Gasteiger partial charge is 0.244 e. The quantitative estimate of drug-likeness (QED) is 0.866. The van der Waals surface area contributed by atoms with Crippen LogP contribution in [0.25, 0.3) is 0 Å². The molecule has 2 aromatic rings. The molecule has 1 amide bonds. The van der Waals surface area contributed by atoms with Crippen LogP contribution in [0.2, 0.25) is 0 Å². The van der Waals surface area contributed by atoms with E-state index in [1.165, 1.54) is 0 Å². The van der Waals surface area contributed by atoms with Crippen LogP contribution in [0.5, 0.6) is 5.75 Å². The zero-order chi connectivity index (χ0) is 16.8. The van der Waals surface area contributed by atoms with Crippen LogP contribution >= 0.6 is 0 Å². The van der Waals surface area contributed by atoms with Crippen LogP contribution in [0, 0.1) is 0 Å². The van der Waals surface area contributed by atoms with E-state index in [4.69, 9.17) is 9.47 Å². The maximum absolute atomic E-state index is 12.4. The minimum Gasteiger partial charge on any atom is -0.490 e. The molecule has 7 nitrogen and oxygen atoms in total. The number of amides is 1. The SMILES string of the molecule is O=C(Cn1cccn1)N1CCOC[C@@](O)(COc2ccccc2)C1. The fraction of sp³-hybridized carbons (Fsp3) is 0.412. The monoisotopic (exact) mass is 331 g/mol. The molecule has 3 rings (SSSR count). The number of para-hydroxylation sites is 1. The van der Waals surface area contributed by atoms with Crippen molar-refractivity contribution in [2.24, 2.45) is 0 Å². The molecule has 2 heterocycles. The Morgan fingerprint density at radius 1 is 1.33 bits per heavy atom. The molecule has 0 saturated carbocycles. The highest BCUT2D eigenvalue weighted by Crippen LogP contribution is 2.17. The number of carbonyl (C=O) groups is 1. The third-order valence-electron chi connectivity index (χ3n) is 3.82. The largest absolute Gasteiger partial charge is 0.490 e. The summed E-state index contributed by atoms with van der Waals surface area (Å²) in [6.07, 6.45) is 3.36. The first-order valence-electron chi connectivity index (χ1n) is 7.88. The zero-order valence-electron chi connectivity index (χ0n) is 13.4. The van der Waals surface area contributed by atoms with Crippen molar-refractivity contribution in [1.29, 1.82) is 0 Å². The van der Waals surface area contributed by atoms with Crippen LogP contribution in [0.3, 0.4) is 0 Å². The first-order valence-corrected chi connectivity index (χ1v) is 7.88. The molecule has 1 aromatic carbocycles. The molecule has 0 unspecified atom stereocenters. The van der Waals surface area contributed by atoms with E-state index < -0.39 is 5.60 Å². The van der Waals surface area contributed by atoms with Gasteiger partial charge in [0.15, 0.2) is 0 Å². The van der Waals surface area contributed by atoms with Gasteiger partial charge in [-0.15, -0.1) is 0 Å². The van der Waals surface area contributed by atoms with Gasteiger partial charge in [-0.25, -0.2) is 0 Å². The predicted octanol–water partition coefficient (Wildman–Crippen LogP) is 0.552. The minimum atomic E-state index is -1.24. The summed E-state index contributed by atoms with van der Waals surface area (Å²) in [6.45, 7) is 1.32. The highest BCUT2D eigenvalue weighted by molar-refractivity contribution is 5.76. The standard InChI is InChI=1S/C17H21N3O4/c21-16(11-20-8-4-7-18-20)19-9-10-23-13-17(22,12-19)14-24-15-5-2-1-3-6-15/h1-8,22H,9-14H2/t17-/m1/s1. The van der Waals surface area contributed by atoms with E-state index >= 15 is 0 Å². The molecule has 128 valence electrons. The molecule has 1 aliphatic heterocycles. The normalized spacial score (nSPS) is 21.3. The molecule has 0 spiro atoms. The lowest BCUT2D eigenvalue weighted by Gasteiger charge is -2.30. The molecule has 1 fully saturated rings. The van der Waals surface area contributed by atoms with Crippen molar-refractivity contribution in [3.05, 3.63) is 48.8 Å². The Kier molecular flexibility index (Phi) is 5.12. The number of hydrogen-bond acceptors (Lipinski definition) is 5. The van der Waals surface area contributed by atoms with Crippen molar-refractivity contribution in [2.45, 2.75) is 12.1 Å². The maximum Gasteiger partial charge on any atom is 0.244 e. The number of rotatable bonds is 5. The summed E-state index contributed by atoms with van der Waals surface area (Å²) in [6, 6.07) is 11.0. The first-order chi connectivity index (χ1) is 11.6. The number of aromatic nitrogens is 2. The molecule has 1 saturated heterocycles. The van der Waals surface area contributed by atoms with Crippen LogP contribution in [-0.4, -0.2) is 64.2 Å². The van der Waals surface area contributed by atoms with Crippen molar-refractivity contribution in [1.82, 2.24) is 14.7 Å². The molecule has 7 heteroatoms. The van der Waals surface area contributed by atoms with Gasteiger partial charge < -0.3 is 19.5 Å². The van der Waals surface area contributed by atoms with Gasteiger partial charge in [-0.1, -0.05) is 18.2 Å². The Balaban J connectivity index is 1.61. The van der Waals surface area contributed by atoms with Gasteiger partial charge >= 0.3 is 0 Å². The fourth-order valence-electron chi connectivity index (χ4n) is 2.58.